The van der Waals surface area contributed by atoms with Gasteiger partial charge in [0.1, 0.15) is 5.69 Å². The highest BCUT2D eigenvalue weighted by molar-refractivity contribution is 9.10. The van der Waals surface area contributed by atoms with Gasteiger partial charge in [-0.3, -0.25) is 4.79 Å². The Bertz CT molecular complexity index is 743. The molecule has 130 valence electrons. The predicted octanol–water partition coefficient (Wildman–Crippen LogP) is 5.00. The molecule has 0 saturated heterocycles. The van der Waals surface area contributed by atoms with Crippen LogP contribution in [0.5, 0.6) is 0 Å². The Morgan fingerprint density at radius 3 is 2.75 bits per heavy atom. The molecule has 1 heterocycles. The largest absolute Gasteiger partial charge is 0.461 e. The minimum absolute atomic E-state index is 0.171. The molecular weight excluding hydrogens is 440 g/mol. The lowest BCUT2D eigenvalue weighted by molar-refractivity contribution is -0.115. The zero-order valence-corrected chi connectivity index (χ0v) is 16.8. The van der Waals surface area contributed by atoms with E-state index in [0.717, 1.165) is 34.6 Å². The summed E-state index contributed by atoms with van der Waals surface area (Å²) in [6, 6.07) is 5.58. The minimum Gasteiger partial charge on any atom is -0.461 e. The fourth-order valence-corrected chi connectivity index (χ4v) is 3.17. The molecule has 2 N–H and O–H groups in total. The molecule has 0 saturated carbocycles. The van der Waals surface area contributed by atoms with Crippen LogP contribution in [0.3, 0.4) is 0 Å². The number of amides is 1. The number of esters is 1. The summed E-state index contributed by atoms with van der Waals surface area (Å²) in [5, 5.41) is 3.63. The summed E-state index contributed by atoms with van der Waals surface area (Å²) in [4.78, 5) is 27.4. The molecule has 0 aliphatic heterocycles. The third-order valence-electron chi connectivity index (χ3n) is 3.58. The molecule has 7 heteroatoms. The molecule has 5 nitrogen and oxygen atoms in total. The van der Waals surface area contributed by atoms with Crippen LogP contribution in [0.1, 0.15) is 43.6 Å². The van der Waals surface area contributed by atoms with Crippen LogP contribution in [0.25, 0.3) is 10.9 Å². The van der Waals surface area contributed by atoms with Gasteiger partial charge in [0.05, 0.1) is 17.1 Å². The number of benzene rings is 1. The number of alkyl halides is 1. The van der Waals surface area contributed by atoms with Crippen molar-refractivity contribution >= 4 is 60.3 Å². The predicted molar refractivity (Wildman–Crippen MR) is 103 cm³/mol. The number of hydrogen-bond acceptors (Lipinski definition) is 3. The van der Waals surface area contributed by atoms with E-state index in [2.05, 4.69) is 49.1 Å². The highest BCUT2D eigenvalue weighted by Crippen LogP contribution is 2.31. The van der Waals surface area contributed by atoms with Crippen molar-refractivity contribution < 1.29 is 14.3 Å². The Hall–Kier alpha value is -1.34. The number of nitrogens with one attached hydrogen (secondary N) is 2. The topological polar surface area (TPSA) is 71.2 Å². The van der Waals surface area contributed by atoms with Gasteiger partial charge in [-0.15, -0.1) is 0 Å². The second-order valence-corrected chi connectivity index (χ2v) is 7.41. The molecule has 1 aromatic heterocycles. The van der Waals surface area contributed by atoms with Crippen LogP contribution in [-0.2, 0) is 9.53 Å². The number of aromatic amines is 1. The molecule has 1 aromatic carbocycles. The summed E-state index contributed by atoms with van der Waals surface area (Å²) < 4.78 is 5.95. The van der Waals surface area contributed by atoms with E-state index in [9.17, 15) is 9.59 Å². The Morgan fingerprint density at radius 1 is 1.33 bits per heavy atom. The van der Waals surface area contributed by atoms with Crippen molar-refractivity contribution in [2.24, 2.45) is 0 Å². The number of carbonyl (C=O) groups is 2. The minimum atomic E-state index is -0.486. The van der Waals surface area contributed by atoms with E-state index in [4.69, 9.17) is 4.74 Å². The molecular formula is C17H20Br2N2O3. The Kier molecular flexibility index (Phi) is 6.86. The monoisotopic (exact) mass is 458 g/mol. The van der Waals surface area contributed by atoms with Gasteiger partial charge in [0, 0.05) is 15.4 Å². The van der Waals surface area contributed by atoms with Crippen molar-refractivity contribution in [1.82, 2.24) is 4.98 Å². The number of halogens is 2. The summed E-state index contributed by atoms with van der Waals surface area (Å²) >= 11 is 6.83. The number of rotatable bonds is 7. The Labute approximate surface area is 157 Å². The molecule has 0 aliphatic rings. The van der Waals surface area contributed by atoms with E-state index >= 15 is 0 Å². The van der Waals surface area contributed by atoms with Gasteiger partial charge in [0.2, 0.25) is 5.91 Å². The average molecular weight is 460 g/mol. The molecule has 0 radical (unpaired) electrons. The van der Waals surface area contributed by atoms with Crippen LogP contribution in [0.2, 0.25) is 0 Å². The summed E-state index contributed by atoms with van der Waals surface area (Å²) in [5.74, 6) is -0.658. The standard InChI is InChI=1S/C17H20Br2N2O3/c1-3-5-6-12(19)16(22)21-14-11-9-10(18)7-8-13(11)20-15(14)17(23)24-4-2/h7-9,12,20H,3-6H2,1-2H3,(H,21,22)/t12-/m0/s1. The number of H-pyrrole nitrogens is 1. The normalized spacial score (nSPS) is 12.2. The van der Waals surface area contributed by atoms with Crippen LogP contribution < -0.4 is 5.32 Å². The molecule has 0 bridgehead atoms. The SMILES string of the molecule is CCCC[C@H](Br)C(=O)Nc1c(C(=O)OCC)[nH]c2ccc(Br)cc12. The fraction of sp³-hybridized carbons (Fsp3) is 0.412. The van der Waals surface area contributed by atoms with Crippen molar-refractivity contribution in [3.05, 3.63) is 28.4 Å². The highest BCUT2D eigenvalue weighted by Gasteiger charge is 2.23. The van der Waals surface area contributed by atoms with E-state index in [1.165, 1.54) is 0 Å². The number of fused-ring (bicyclic) bond motifs is 1. The third-order valence-corrected chi connectivity index (χ3v) is 4.95. The van der Waals surface area contributed by atoms with Gasteiger partial charge in [-0.2, -0.15) is 0 Å². The van der Waals surface area contributed by atoms with E-state index in [1.807, 2.05) is 18.2 Å². The molecule has 1 atom stereocenters. The van der Waals surface area contributed by atoms with E-state index < -0.39 is 5.97 Å². The highest BCUT2D eigenvalue weighted by atomic mass is 79.9. The Balaban J connectivity index is 2.38. The van der Waals surface area contributed by atoms with Crippen LogP contribution in [0.4, 0.5) is 5.69 Å². The van der Waals surface area contributed by atoms with E-state index in [0.29, 0.717) is 5.69 Å². The molecule has 0 aliphatic carbocycles. The van der Waals surface area contributed by atoms with Crippen molar-refractivity contribution in [2.75, 3.05) is 11.9 Å². The first-order valence-electron chi connectivity index (χ1n) is 7.91. The summed E-state index contributed by atoms with van der Waals surface area (Å²) in [6.07, 6.45) is 2.71. The number of aromatic nitrogens is 1. The lowest BCUT2D eigenvalue weighted by Crippen LogP contribution is -2.24. The molecule has 1 amide bonds. The molecule has 0 spiro atoms. The number of anilines is 1. The molecule has 0 unspecified atom stereocenters. The van der Waals surface area contributed by atoms with Gasteiger partial charge >= 0.3 is 5.97 Å². The smallest absolute Gasteiger partial charge is 0.356 e. The zero-order valence-electron chi connectivity index (χ0n) is 13.6. The molecule has 2 rings (SSSR count). The number of carbonyl (C=O) groups excluding carboxylic acids is 2. The lowest BCUT2D eigenvalue weighted by atomic mass is 10.2. The second-order valence-electron chi connectivity index (χ2n) is 5.38. The first-order valence-corrected chi connectivity index (χ1v) is 9.62. The van der Waals surface area contributed by atoms with Gasteiger partial charge in [-0.05, 0) is 31.5 Å². The van der Waals surface area contributed by atoms with Crippen LogP contribution in [0.15, 0.2) is 22.7 Å². The quantitative estimate of drug-likeness (QED) is 0.452. The van der Waals surface area contributed by atoms with Gasteiger partial charge in [-0.25, -0.2) is 4.79 Å². The van der Waals surface area contributed by atoms with Gasteiger partial charge in [-0.1, -0.05) is 51.6 Å². The maximum absolute atomic E-state index is 12.4. The number of hydrogen-bond donors (Lipinski definition) is 2. The van der Waals surface area contributed by atoms with Crippen LogP contribution >= 0.6 is 31.9 Å². The van der Waals surface area contributed by atoms with Gasteiger partial charge in [0.25, 0.3) is 0 Å². The van der Waals surface area contributed by atoms with Crippen molar-refractivity contribution in [3.63, 3.8) is 0 Å². The zero-order chi connectivity index (χ0) is 17.7. The Morgan fingerprint density at radius 2 is 2.08 bits per heavy atom. The second kappa shape index (κ2) is 8.67. The van der Waals surface area contributed by atoms with Crippen LogP contribution in [-0.4, -0.2) is 28.3 Å². The van der Waals surface area contributed by atoms with Crippen molar-refractivity contribution in [3.8, 4) is 0 Å². The summed E-state index contributed by atoms with van der Waals surface area (Å²) in [6.45, 7) is 4.09. The molecule has 0 fully saturated rings. The molecule has 2 aromatic rings. The maximum atomic E-state index is 12.4. The summed E-state index contributed by atoms with van der Waals surface area (Å²) in [7, 11) is 0. The maximum Gasteiger partial charge on any atom is 0.356 e. The first kappa shape index (κ1) is 19.0. The van der Waals surface area contributed by atoms with Gasteiger partial charge < -0.3 is 15.0 Å². The van der Waals surface area contributed by atoms with Crippen LogP contribution in [0, 0.1) is 0 Å². The number of unbranched alkanes of at least 4 members (excludes halogenated alkanes) is 1. The number of ether oxygens (including phenoxy) is 1. The van der Waals surface area contributed by atoms with Crippen molar-refractivity contribution in [1.29, 1.82) is 0 Å². The van der Waals surface area contributed by atoms with Crippen molar-refractivity contribution in [2.45, 2.75) is 37.9 Å². The fourth-order valence-electron chi connectivity index (χ4n) is 2.37. The van der Waals surface area contributed by atoms with Gasteiger partial charge in [0.15, 0.2) is 0 Å². The lowest BCUT2D eigenvalue weighted by Gasteiger charge is -2.11. The first-order chi connectivity index (χ1) is 11.5. The molecule has 24 heavy (non-hydrogen) atoms. The third kappa shape index (κ3) is 4.39. The van der Waals surface area contributed by atoms with E-state index in [-0.39, 0.29) is 23.0 Å². The average Bonchev–Trinajstić information content (AvgIpc) is 2.90. The summed E-state index contributed by atoms with van der Waals surface area (Å²) in [5.41, 5.74) is 1.47. The van der Waals surface area contributed by atoms with E-state index in [1.54, 1.807) is 6.92 Å².